The van der Waals surface area contributed by atoms with Gasteiger partial charge < -0.3 is 15.1 Å². The number of carbonyl (C=O) groups is 2. The van der Waals surface area contributed by atoms with Crippen LogP contribution < -0.4 is 10.6 Å². The number of nitro groups is 1. The van der Waals surface area contributed by atoms with Crippen LogP contribution in [0.2, 0.25) is 0 Å². The number of hydrogen-bond acceptors (Lipinski definition) is 5. The van der Waals surface area contributed by atoms with Crippen molar-refractivity contribution in [3.63, 3.8) is 0 Å². The van der Waals surface area contributed by atoms with Gasteiger partial charge in [0.05, 0.1) is 4.92 Å². The predicted molar refractivity (Wildman–Crippen MR) is 121 cm³/mol. The summed E-state index contributed by atoms with van der Waals surface area (Å²) in [4.78, 5) is 35.6. The van der Waals surface area contributed by atoms with E-state index in [4.69, 9.17) is 4.42 Å². The van der Waals surface area contributed by atoms with Crippen molar-refractivity contribution in [2.75, 3.05) is 6.54 Å². The molecular formula is C24H23N3O5. The van der Waals surface area contributed by atoms with E-state index >= 15 is 0 Å². The number of nitro benzene ring substituents is 1. The first-order valence-corrected chi connectivity index (χ1v) is 10.2. The number of carbonyl (C=O) groups excluding carboxylic acids is 2. The Morgan fingerprint density at radius 2 is 1.75 bits per heavy atom. The van der Waals surface area contributed by atoms with Gasteiger partial charge in [-0.15, -0.1) is 0 Å². The highest BCUT2D eigenvalue weighted by molar-refractivity contribution is 6.05. The van der Waals surface area contributed by atoms with E-state index in [1.165, 1.54) is 18.2 Å². The standard InChI is InChI=1S/C24H23N3O5/c1-2-3-15-25-24(29)21(26-23(28)18-7-5-4-6-8-18)16-20-13-14-22(32-20)17-9-11-19(12-10-17)27(30)31/h4-14,16H,2-3,15H2,1H3,(H,25,29)(H,26,28)/b21-16+. The van der Waals surface area contributed by atoms with Crippen LogP contribution in [0.3, 0.4) is 0 Å². The molecule has 0 radical (unpaired) electrons. The van der Waals surface area contributed by atoms with Gasteiger partial charge in [-0.3, -0.25) is 19.7 Å². The smallest absolute Gasteiger partial charge is 0.269 e. The molecule has 0 saturated carbocycles. The molecule has 1 heterocycles. The average Bonchev–Trinajstić information content (AvgIpc) is 3.28. The molecule has 2 amide bonds. The number of hydrogen-bond donors (Lipinski definition) is 2. The Hall–Kier alpha value is -4.20. The molecule has 0 unspecified atom stereocenters. The molecule has 0 spiro atoms. The Kier molecular flexibility index (Phi) is 7.53. The molecule has 2 aromatic carbocycles. The number of benzene rings is 2. The summed E-state index contributed by atoms with van der Waals surface area (Å²) >= 11 is 0. The summed E-state index contributed by atoms with van der Waals surface area (Å²) in [5, 5.41) is 16.3. The number of rotatable bonds is 9. The second-order valence-electron chi connectivity index (χ2n) is 6.99. The Morgan fingerprint density at radius 1 is 1.03 bits per heavy atom. The predicted octanol–water partition coefficient (Wildman–Crippen LogP) is 4.54. The summed E-state index contributed by atoms with van der Waals surface area (Å²) in [7, 11) is 0. The fourth-order valence-electron chi connectivity index (χ4n) is 2.89. The van der Waals surface area contributed by atoms with Gasteiger partial charge in [-0.25, -0.2) is 0 Å². The van der Waals surface area contributed by atoms with Gasteiger partial charge in [0.2, 0.25) is 0 Å². The monoisotopic (exact) mass is 433 g/mol. The summed E-state index contributed by atoms with van der Waals surface area (Å²) in [6.45, 7) is 2.50. The Bertz CT molecular complexity index is 1120. The van der Waals surface area contributed by atoms with Gasteiger partial charge in [0.1, 0.15) is 17.2 Å². The summed E-state index contributed by atoms with van der Waals surface area (Å²) < 4.78 is 5.79. The molecule has 0 aliphatic rings. The van der Waals surface area contributed by atoms with Gasteiger partial charge in [-0.05, 0) is 42.8 Å². The highest BCUT2D eigenvalue weighted by Gasteiger charge is 2.16. The Balaban J connectivity index is 1.83. The summed E-state index contributed by atoms with van der Waals surface area (Å²) in [5.41, 5.74) is 1.11. The SMILES string of the molecule is CCCCNC(=O)/C(=C\c1ccc(-c2ccc([N+](=O)[O-])cc2)o1)NC(=O)c1ccccc1. The van der Waals surface area contributed by atoms with Crippen LogP contribution in [0.4, 0.5) is 5.69 Å². The van der Waals surface area contributed by atoms with Crippen LogP contribution in [-0.4, -0.2) is 23.3 Å². The molecule has 32 heavy (non-hydrogen) atoms. The Morgan fingerprint density at radius 3 is 2.41 bits per heavy atom. The highest BCUT2D eigenvalue weighted by Crippen LogP contribution is 2.25. The number of non-ortho nitro benzene ring substituents is 1. The van der Waals surface area contributed by atoms with Gasteiger partial charge in [-0.2, -0.15) is 0 Å². The van der Waals surface area contributed by atoms with E-state index in [0.29, 0.717) is 29.2 Å². The molecule has 0 atom stereocenters. The van der Waals surface area contributed by atoms with Crippen LogP contribution in [0.15, 0.2) is 76.8 Å². The number of amides is 2. The van der Waals surface area contributed by atoms with Gasteiger partial charge in [0.15, 0.2) is 0 Å². The van der Waals surface area contributed by atoms with E-state index in [1.807, 2.05) is 6.92 Å². The first-order chi connectivity index (χ1) is 15.5. The second kappa shape index (κ2) is 10.7. The van der Waals surface area contributed by atoms with Crippen molar-refractivity contribution in [1.29, 1.82) is 0 Å². The maximum Gasteiger partial charge on any atom is 0.269 e. The summed E-state index contributed by atoms with van der Waals surface area (Å²) in [6, 6.07) is 17.9. The lowest BCUT2D eigenvalue weighted by molar-refractivity contribution is -0.384. The molecule has 8 heteroatoms. The van der Waals surface area contributed by atoms with Crippen molar-refractivity contribution in [1.82, 2.24) is 10.6 Å². The zero-order chi connectivity index (χ0) is 22.9. The lowest BCUT2D eigenvalue weighted by atomic mass is 10.1. The minimum absolute atomic E-state index is 0.0184. The van der Waals surface area contributed by atoms with E-state index in [2.05, 4.69) is 10.6 Å². The van der Waals surface area contributed by atoms with E-state index in [-0.39, 0.29) is 11.4 Å². The van der Waals surface area contributed by atoms with Crippen molar-refractivity contribution >= 4 is 23.6 Å². The number of unbranched alkanes of at least 4 members (excludes halogenated alkanes) is 1. The summed E-state index contributed by atoms with van der Waals surface area (Å²) in [5.74, 6) is -0.000659. The van der Waals surface area contributed by atoms with Crippen molar-refractivity contribution in [2.45, 2.75) is 19.8 Å². The van der Waals surface area contributed by atoms with Crippen molar-refractivity contribution < 1.29 is 18.9 Å². The molecule has 3 rings (SSSR count). The van der Waals surface area contributed by atoms with Gasteiger partial charge in [0, 0.05) is 35.9 Å². The van der Waals surface area contributed by atoms with Crippen molar-refractivity contribution in [2.24, 2.45) is 0 Å². The average molecular weight is 433 g/mol. The van der Waals surface area contributed by atoms with Crippen LogP contribution in [0.1, 0.15) is 35.9 Å². The topological polar surface area (TPSA) is 114 Å². The third-order valence-corrected chi connectivity index (χ3v) is 4.62. The molecule has 2 N–H and O–H groups in total. The van der Waals surface area contributed by atoms with E-state index in [1.54, 1.807) is 54.6 Å². The maximum absolute atomic E-state index is 12.7. The van der Waals surface area contributed by atoms with Crippen molar-refractivity contribution in [3.05, 3.63) is 93.9 Å². The normalized spacial score (nSPS) is 11.1. The van der Waals surface area contributed by atoms with Gasteiger partial charge in [0.25, 0.3) is 17.5 Å². The molecule has 0 saturated heterocycles. The third-order valence-electron chi connectivity index (χ3n) is 4.62. The zero-order valence-corrected chi connectivity index (χ0v) is 17.5. The van der Waals surface area contributed by atoms with E-state index in [0.717, 1.165) is 12.8 Å². The van der Waals surface area contributed by atoms with E-state index in [9.17, 15) is 19.7 Å². The van der Waals surface area contributed by atoms with E-state index < -0.39 is 16.7 Å². The molecule has 0 aliphatic heterocycles. The minimum Gasteiger partial charge on any atom is -0.457 e. The highest BCUT2D eigenvalue weighted by atomic mass is 16.6. The van der Waals surface area contributed by atoms with Crippen LogP contribution in [0, 0.1) is 10.1 Å². The fraction of sp³-hybridized carbons (Fsp3) is 0.167. The first kappa shape index (κ1) is 22.5. The van der Waals surface area contributed by atoms with Crippen LogP contribution >= 0.6 is 0 Å². The third kappa shape index (κ3) is 5.91. The molecule has 1 aromatic heterocycles. The second-order valence-corrected chi connectivity index (χ2v) is 6.99. The van der Waals surface area contributed by atoms with Gasteiger partial charge in [-0.1, -0.05) is 31.5 Å². The molecule has 0 fully saturated rings. The summed E-state index contributed by atoms with van der Waals surface area (Å²) in [6.07, 6.45) is 3.19. The lowest BCUT2D eigenvalue weighted by Crippen LogP contribution is -2.35. The number of nitrogens with one attached hydrogen (secondary N) is 2. The molecule has 164 valence electrons. The van der Waals surface area contributed by atoms with Crippen molar-refractivity contribution in [3.8, 4) is 11.3 Å². The zero-order valence-electron chi connectivity index (χ0n) is 17.5. The number of nitrogens with zero attached hydrogens (tertiary/aromatic N) is 1. The lowest BCUT2D eigenvalue weighted by Gasteiger charge is -2.10. The fourth-order valence-corrected chi connectivity index (χ4v) is 2.89. The van der Waals surface area contributed by atoms with Crippen LogP contribution in [0.5, 0.6) is 0 Å². The number of furan rings is 1. The first-order valence-electron chi connectivity index (χ1n) is 10.2. The quantitative estimate of drug-likeness (QED) is 0.222. The largest absolute Gasteiger partial charge is 0.457 e. The molecule has 0 aliphatic carbocycles. The minimum atomic E-state index is -0.473. The van der Waals surface area contributed by atoms with Crippen LogP contribution in [-0.2, 0) is 4.79 Å². The molecular weight excluding hydrogens is 410 g/mol. The van der Waals surface area contributed by atoms with Crippen LogP contribution in [0.25, 0.3) is 17.4 Å². The maximum atomic E-state index is 12.7. The molecule has 8 nitrogen and oxygen atoms in total. The Labute approximate surface area is 185 Å². The molecule has 3 aromatic rings. The van der Waals surface area contributed by atoms with Gasteiger partial charge >= 0.3 is 0 Å². The molecule has 0 bridgehead atoms.